The number of anilines is 1. The molecular weight excluding hydrogens is 240 g/mol. The summed E-state index contributed by atoms with van der Waals surface area (Å²) in [5, 5.41) is 6.24. The maximum Gasteiger partial charge on any atom is 0.225 e. The van der Waals surface area contributed by atoms with Crippen LogP contribution in [0.15, 0.2) is 18.2 Å². The number of benzene rings is 1. The molecule has 2 aromatic rings. The molecule has 0 spiro atoms. The minimum atomic E-state index is 0.0451. The summed E-state index contributed by atoms with van der Waals surface area (Å²) in [6.07, 6.45) is 3.01. The lowest BCUT2D eigenvalue weighted by atomic mass is 10.2. The van der Waals surface area contributed by atoms with Crippen LogP contribution in [0.1, 0.15) is 25.1 Å². The topological polar surface area (TPSA) is 69.8 Å². The quantitative estimate of drug-likeness (QED) is 0.767. The van der Waals surface area contributed by atoms with Crippen molar-refractivity contribution in [3.05, 3.63) is 24.0 Å². The molecular formula is C14H18N4O. The molecule has 0 radical (unpaired) electrons. The lowest BCUT2D eigenvalue weighted by Crippen LogP contribution is -2.23. The lowest BCUT2D eigenvalue weighted by Gasteiger charge is -2.05. The molecule has 19 heavy (non-hydrogen) atoms. The molecule has 3 N–H and O–H groups in total. The zero-order chi connectivity index (χ0) is 13.2. The van der Waals surface area contributed by atoms with Gasteiger partial charge in [-0.25, -0.2) is 4.98 Å². The Morgan fingerprint density at radius 2 is 2.32 bits per heavy atom. The zero-order valence-electron chi connectivity index (χ0n) is 11.0. The second-order valence-corrected chi connectivity index (χ2v) is 5.08. The predicted octanol–water partition coefficient (Wildman–Crippen LogP) is 1.95. The van der Waals surface area contributed by atoms with Gasteiger partial charge in [-0.05, 0) is 38.0 Å². The van der Waals surface area contributed by atoms with E-state index in [2.05, 4.69) is 20.6 Å². The van der Waals surface area contributed by atoms with Crippen molar-refractivity contribution in [2.24, 2.45) is 0 Å². The van der Waals surface area contributed by atoms with Crippen molar-refractivity contribution in [1.82, 2.24) is 15.3 Å². The number of aromatic nitrogens is 2. The van der Waals surface area contributed by atoms with Crippen molar-refractivity contribution in [3.8, 4) is 0 Å². The van der Waals surface area contributed by atoms with Crippen LogP contribution in [0, 0.1) is 6.92 Å². The first-order valence-corrected chi connectivity index (χ1v) is 6.70. The van der Waals surface area contributed by atoms with E-state index in [0.717, 1.165) is 29.1 Å². The van der Waals surface area contributed by atoms with E-state index in [4.69, 9.17) is 0 Å². The summed E-state index contributed by atoms with van der Waals surface area (Å²) in [4.78, 5) is 19.3. The SMILES string of the molecule is Cc1nc2ccc(NC(=O)CCNC3CC3)cc2[nH]1. The largest absolute Gasteiger partial charge is 0.342 e. The number of rotatable bonds is 5. The number of carbonyl (C=O) groups excluding carboxylic acids is 1. The van der Waals surface area contributed by atoms with Gasteiger partial charge in [0.15, 0.2) is 0 Å². The van der Waals surface area contributed by atoms with Crippen LogP contribution in [-0.4, -0.2) is 28.5 Å². The molecule has 3 rings (SSSR count). The first-order chi connectivity index (χ1) is 9.20. The van der Waals surface area contributed by atoms with Crippen LogP contribution in [0.3, 0.4) is 0 Å². The second kappa shape index (κ2) is 5.01. The van der Waals surface area contributed by atoms with Crippen molar-refractivity contribution >= 4 is 22.6 Å². The fourth-order valence-corrected chi connectivity index (χ4v) is 2.12. The number of fused-ring (bicyclic) bond motifs is 1. The van der Waals surface area contributed by atoms with Gasteiger partial charge in [0.2, 0.25) is 5.91 Å². The third-order valence-electron chi connectivity index (χ3n) is 3.25. The summed E-state index contributed by atoms with van der Waals surface area (Å²) in [5.41, 5.74) is 2.69. The minimum Gasteiger partial charge on any atom is -0.342 e. The molecule has 1 aliphatic rings. The van der Waals surface area contributed by atoms with Gasteiger partial charge in [-0.3, -0.25) is 4.79 Å². The van der Waals surface area contributed by atoms with Crippen molar-refractivity contribution in [2.45, 2.75) is 32.2 Å². The average Bonchev–Trinajstić information content (AvgIpc) is 3.09. The Morgan fingerprint density at radius 1 is 1.47 bits per heavy atom. The third-order valence-corrected chi connectivity index (χ3v) is 3.25. The molecule has 1 aromatic carbocycles. The molecule has 100 valence electrons. The lowest BCUT2D eigenvalue weighted by molar-refractivity contribution is -0.116. The molecule has 1 fully saturated rings. The summed E-state index contributed by atoms with van der Waals surface area (Å²) >= 11 is 0. The van der Waals surface area contributed by atoms with E-state index in [9.17, 15) is 4.79 Å². The normalized spacial score (nSPS) is 14.8. The van der Waals surface area contributed by atoms with E-state index in [0.29, 0.717) is 12.5 Å². The highest BCUT2D eigenvalue weighted by molar-refractivity contribution is 5.93. The van der Waals surface area contributed by atoms with Crippen LogP contribution in [0.5, 0.6) is 0 Å². The van der Waals surface area contributed by atoms with Crippen molar-refractivity contribution in [3.63, 3.8) is 0 Å². The highest BCUT2D eigenvalue weighted by Gasteiger charge is 2.20. The monoisotopic (exact) mass is 258 g/mol. The van der Waals surface area contributed by atoms with Gasteiger partial charge in [-0.15, -0.1) is 0 Å². The van der Waals surface area contributed by atoms with Gasteiger partial charge in [-0.2, -0.15) is 0 Å². The molecule has 0 saturated heterocycles. The Labute approximate surface area is 111 Å². The van der Waals surface area contributed by atoms with Crippen LogP contribution in [-0.2, 0) is 4.79 Å². The number of nitrogens with zero attached hydrogens (tertiary/aromatic N) is 1. The number of amides is 1. The van der Waals surface area contributed by atoms with Crippen LogP contribution in [0.25, 0.3) is 11.0 Å². The summed E-state index contributed by atoms with van der Waals surface area (Å²) in [5.74, 6) is 0.927. The average molecular weight is 258 g/mol. The molecule has 1 aromatic heterocycles. The first kappa shape index (κ1) is 12.2. The highest BCUT2D eigenvalue weighted by Crippen LogP contribution is 2.19. The van der Waals surface area contributed by atoms with Gasteiger partial charge in [0.25, 0.3) is 0 Å². The number of hydrogen-bond acceptors (Lipinski definition) is 3. The van der Waals surface area contributed by atoms with E-state index in [1.165, 1.54) is 12.8 Å². The number of imidazole rings is 1. The molecule has 0 atom stereocenters. The maximum atomic E-state index is 11.8. The van der Waals surface area contributed by atoms with Gasteiger partial charge in [-0.1, -0.05) is 0 Å². The highest BCUT2D eigenvalue weighted by atomic mass is 16.1. The van der Waals surface area contributed by atoms with Crippen molar-refractivity contribution in [2.75, 3.05) is 11.9 Å². The smallest absolute Gasteiger partial charge is 0.225 e. The number of aryl methyl sites for hydroxylation is 1. The summed E-state index contributed by atoms with van der Waals surface area (Å²) in [7, 11) is 0. The van der Waals surface area contributed by atoms with E-state index in [1.807, 2.05) is 25.1 Å². The Bertz CT molecular complexity index is 601. The standard InChI is InChI=1S/C14H18N4O/c1-9-16-12-5-4-11(8-13(12)17-9)18-14(19)6-7-15-10-2-3-10/h4-5,8,10,15H,2-3,6-7H2,1H3,(H,16,17)(H,18,19). The first-order valence-electron chi connectivity index (χ1n) is 6.70. The van der Waals surface area contributed by atoms with Gasteiger partial charge >= 0.3 is 0 Å². The number of aromatic amines is 1. The third kappa shape index (κ3) is 3.12. The minimum absolute atomic E-state index is 0.0451. The molecule has 1 amide bonds. The van der Waals surface area contributed by atoms with E-state index in [-0.39, 0.29) is 5.91 Å². The molecule has 1 heterocycles. The van der Waals surface area contributed by atoms with E-state index < -0.39 is 0 Å². The van der Waals surface area contributed by atoms with Crippen molar-refractivity contribution < 1.29 is 4.79 Å². The summed E-state index contributed by atoms with van der Waals surface area (Å²) < 4.78 is 0. The van der Waals surface area contributed by atoms with Crippen LogP contribution >= 0.6 is 0 Å². The van der Waals surface area contributed by atoms with Gasteiger partial charge < -0.3 is 15.6 Å². The molecule has 0 unspecified atom stereocenters. The van der Waals surface area contributed by atoms with Crippen LogP contribution in [0.4, 0.5) is 5.69 Å². The second-order valence-electron chi connectivity index (χ2n) is 5.08. The molecule has 1 saturated carbocycles. The molecule has 1 aliphatic carbocycles. The summed E-state index contributed by atoms with van der Waals surface area (Å²) in [6.45, 7) is 2.67. The Balaban J connectivity index is 1.58. The van der Waals surface area contributed by atoms with Crippen molar-refractivity contribution in [1.29, 1.82) is 0 Å². The Morgan fingerprint density at radius 3 is 3.11 bits per heavy atom. The van der Waals surface area contributed by atoms with Gasteiger partial charge in [0.1, 0.15) is 5.82 Å². The number of nitrogens with one attached hydrogen (secondary N) is 3. The number of carbonyl (C=O) groups is 1. The molecule has 0 aliphatic heterocycles. The predicted molar refractivity (Wildman–Crippen MR) is 75.1 cm³/mol. The zero-order valence-corrected chi connectivity index (χ0v) is 11.0. The fraction of sp³-hybridized carbons (Fsp3) is 0.429. The molecule has 5 nitrogen and oxygen atoms in total. The van der Waals surface area contributed by atoms with Crippen LogP contribution < -0.4 is 10.6 Å². The van der Waals surface area contributed by atoms with E-state index >= 15 is 0 Å². The Hall–Kier alpha value is -1.88. The molecule has 0 bridgehead atoms. The Kier molecular flexibility index (Phi) is 3.21. The van der Waals surface area contributed by atoms with E-state index in [1.54, 1.807) is 0 Å². The maximum absolute atomic E-state index is 11.8. The fourth-order valence-electron chi connectivity index (χ4n) is 2.12. The summed E-state index contributed by atoms with van der Waals surface area (Å²) in [6, 6.07) is 6.37. The number of H-pyrrole nitrogens is 1. The molecule has 5 heteroatoms. The number of hydrogen-bond donors (Lipinski definition) is 3. The van der Waals surface area contributed by atoms with Crippen LogP contribution in [0.2, 0.25) is 0 Å². The van der Waals surface area contributed by atoms with Gasteiger partial charge in [0, 0.05) is 24.7 Å². The van der Waals surface area contributed by atoms with Gasteiger partial charge in [0.05, 0.1) is 11.0 Å².